The lowest BCUT2D eigenvalue weighted by molar-refractivity contribution is -0.198. The third-order valence-electron chi connectivity index (χ3n) is 5.30. The Morgan fingerprint density at radius 3 is 1.17 bits per heavy atom. The lowest BCUT2D eigenvalue weighted by Crippen LogP contribution is -2.57. The van der Waals surface area contributed by atoms with Crippen molar-refractivity contribution in [3.8, 4) is 11.5 Å². The lowest BCUT2D eigenvalue weighted by atomic mass is 10.00. The minimum Gasteiger partial charge on any atom is -0.497 e. The van der Waals surface area contributed by atoms with Gasteiger partial charge in [0.1, 0.15) is 11.5 Å². The first-order valence-electron chi connectivity index (χ1n) is 12.4. The van der Waals surface area contributed by atoms with E-state index in [1.807, 2.05) is 0 Å². The molecule has 0 aromatic heterocycles. The molecule has 0 aliphatic rings. The van der Waals surface area contributed by atoms with Gasteiger partial charge in [0.25, 0.3) is 11.8 Å². The predicted molar refractivity (Wildman–Crippen MR) is 145 cm³/mol. The summed E-state index contributed by atoms with van der Waals surface area (Å²) in [4.78, 5) is 75.5. The zero-order valence-corrected chi connectivity index (χ0v) is 23.8. The van der Waals surface area contributed by atoms with E-state index in [-0.39, 0.29) is 11.4 Å². The summed E-state index contributed by atoms with van der Waals surface area (Å²) in [6.07, 6.45) is -7.93. The molecule has 14 heteroatoms. The molecule has 0 heterocycles. The van der Waals surface area contributed by atoms with Crippen LogP contribution in [-0.4, -0.2) is 74.3 Å². The highest BCUT2D eigenvalue weighted by atomic mass is 16.6. The highest BCUT2D eigenvalue weighted by Gasteiger charge is 2.49. The number of nitrogens with one attached hydrogen (secondary N) is 2. The monoisotopic (exact) mass is 588 g/mol. The molecule has 4 atom stereocenters. The molecule has 2 rings (SSSR count). The van der Waals surface area contributed by atoms with E-state index in [1.54, 1.807) is 24.3 Å². The average Bonchev–Trinajstić information content (AvgIpc) is 2.92. The molecule has 226 valence electrons. The first-order valence-corrected chi connectivity index (χ1v) is 12.4. The number of methoxy groups -OCH3 is 2. The van der Waals surface area contributed by atoms with Crippen LogP contribution in [0.2, 0.25) is 0 Å². The van der Waals surface area contributed by atoms with Gasteiger partial charge in [-0.25, -0.2) is 0 Å². The van der Waals surface area contributed by atoms with Gasteiger partial charge in [0.2, 0.25) is 12.2 Å². The van der Waals surface area contributed by atoms with E-state index < -0.39 is 60.1 Å². The number of carbonyl (C=O) groups excluding carboxylic acids is 6. The number of benzene rings is 2. The Bertz CT molecular complexity index is 1210. The lowest BCUT2D eigenvalue weighted by Gasteiger charge is -2.34. The summed E-state index contributed by atoms with van der Waals surface area (Å²) in [5.74, 6) is -5.26. The van der Waals surface area contributed by atoms with Crippen molar-refractivity contribution in [3.05, 3.63) is 48.5 Å². The van der Waals surface area contributed by atoms with Gasteiger partial charge in [-0.15, -0.1) is 0 Å². The van der Waals surface area contributed by atoms with Crippen LogP contribution in [0.15, 0.2) is 48.5 Å². The van der Waals surface area contributed by atoms with Gasteiger partial charge >= 0.3 is 23.9 Å². The fourth-order valence-electron chi connectivity index (χ4n) is 3.71. The van der Waals surface area contributed by atoms with Crippen LogP contribution >= 0.6 is 0 Å². The molecule has 2 amide bonds. The highest BCUT2D eigenvalue weighted by molar-refractivity contribution is 5.98. The van der Waals surface area contributed by atoms with Crippen molar-refractivity contribution in [2.24, 2.45) is 0 Å². The maximum Gasteiger partial charge on any atom is 0.303 e. The van der Waals surface area contributed by atoms with Gasteiger partial charge in [-0.2, -0.15) is 0 Å². The molecule has 14 nitrogen and oxygen atoms in total. The third-order valence-corrected chi connectivity index (χ3v) is 5.30. The maximum atomic E-state index is 13.5. The molecule has 4 unspecified atom stereocenters. The van der Waals surface area contributed by atoms with Crippen LogP contribution in [0.25, 0.3) is 0 Å². The molecule has 0 aliphatic carbocycles. The average molecular weight is 589 g/mol. The molecule has 2 aromatic carbocycles. The Hall–Kier alpha value is -5.14. The van der Waals surface area contributed by atoms with Crippen LogP contribution in [0.3, 0.4) is 0 Å². The number of hydrogen-bond donors (Lipinski definition) is 2. The molecule has 0 fully saturated rings. The molecule has 0 spiro atoms. The Balaban J connectivity index is 2.60. The van der Waals surface area contributed by atoms with E-state index in [2.05, 4.69) is 10.6 Å². The second kappa shape index (κ2) is 15.6. The van der Waals surface area contributed by atoms with E-state index >= 15 is 0 Å². The molecule has 0 radical (unpaired) electrons. The van der Waals surface area contributed by atoms with Gasteiger partial charge in [-0.1, -0.05) is 12.1 Å². The molecular weight excluding hydrogens is 556 g/mol. The van der Waals surface area contributed by atoms with Gasteiger partial charge in [0, 0.05) is 51.2 Å². The Morgan fingerprint density at radius 2 is 0.881 bits per heavy atom. The van der Waals surface area contributed by atoms with E-state index in [9.17, 15) is 28.8 Å². The summed E-state index contributed by atoms with van der Waals surface area (Å²) in [5, 5.41) is 4.99. The van der Waals surface area contributed by atoms with Crippen LogP contribution in [-0.2, 0) is 47.7 Å². The number of anilines is 2. The number of rotatable bonds is 13. The molecule has 0 bridgehead atoms. The number of amides is 2. The van der Waals surface area contributed by atoms with Crippen molar-refractivity contribution < 1.29 is 57.2 Å². The van der Waals surface area contributed by atoms with Crippen molar-refractivity contribution in [1.82, 2.24) is 0 Å². The van der Waals surface area contributed by atoms with Gasteiger partial charge in [-0.05, 0) is 24.3 Å². The summed E-state index contributed by atoms with van der Waals surface area (Å²) in [6.45, 7) is 3.91. The van der Waals surface area contributed by atoms with Gasteiger partial charge in [0.05, 0.1) is 14.2 Å². The number of hydrogen-bond acceptors (Lipinski definition) is 12. The molecule has 0 saturated heterocycles. The molecule has 2 N–H and O–H groups in total. The fraction of sp³-hybridized carbons (Fsp3) is 0.357. The minimum absolute atomic E-state index is 0.203. The van der Waals surface area contributed by atoms with Gasteiger partial charge in [0.15, 0.2) is 12.2 Å². The van der Waals surface area contributed by atoms with Crippen LogP contribution in [0.4, 0.5) is 11.4 Å². The zero-order valence-electron chi connectivity index (χ0n) is 23.8. The number of carbonyl (C=O) groups is 6. The fourth-order valence-corrected chi connectivity index (χ4v) is 3.71. The minimum atomic E-state index is -2.00. The van der Waals surface area contributed by atoms with Crippen LogP contribution < -0.4 is 20.1 Å². The highest BCUT2D eigenvalue weighted by Crippen LogP contribution is 2.24. The van der Waals surface area contributed by atoms with E-state index in [0.29, 0.717) is 11.5 Å². The van der Waals surface area contributed by atoms with E-state index in [0.717, 1.165) is 27.7 Å². The number of ether oxygens (including phenoxy) is 6. The second-order valence-corrected chi connectivity index (χ2v) is 8.65. The molecule has 0 aliphatic heterocycles. The van der Waals surface area contributed by atoms with E-state index in [4.69, 9.17) is 28.4 Å². The summed E-state index contributed by atoms with van der Waals surface area (Å²) in [7, 11) is 2.82. The molecule has 0 saturated carbocycles. The normalized spacial score (nSPS) is 13.2. The standard InChI is InChI=1S/C28H32N2O12/c1-15(31)39-23(25(41-17(3)33)27(35)29-19-9-7-11-21(13-19)37-5)24(40-16(2)32)26(42-18(4)34)28(36)30-20-10-8-12-22(14-20)38-6/h7-14,23-26H,1-6H3,(H,29,35)(H,30,36). The van der Waals surface area contributed by atoms with Gasteiger partial charge < -0.3 is 39.1 Å². The Kier molecular flexibility index (Phi) is 12.3. The molecule has 42 heavy (non-hydrogen) atoms. The van der Waals surface area contributed by atoms with Crippen LogP contribution in [0, 0.1) is 0 Å². The van der Waals surface area contributed by atoms with Crippen LogP contribution in [0.5, 0.6) is 11.5 Å². The van der Waals surface area contributed by atoms with Crippen molar-refractivity contribution in [2.75, 3.05) is 24.9 Å². The molecule has 2 aromatic rings. The molecular formula is C28H32N2O12. The first kappa shape index (κ1) is 33.1. The predicted octanol–water partition coefficient (Wildman–Crippen LogP) is 2.01. The third kappa shape index (κ3) is 10.1. The van der Waals surface area contributed by atoms with Crippen molar-refractivity contribution in [2.45, 2.75) is 52.1 Å². The smallest absolute Gasteiger partial charge is 0.303 e. The summed E-state index contributed by atoms with van der Waals surface area (Å²) in [6, 6.07) is 12.3. The second-order valence-electron chi connectivity index (χ2n) is 8.65. The topological polar surface area (TPSA) is 182 Å². The number of esters is 4. The van der Waals surface area contributed by atoms with Gasteiger partial charge in [-0.3, -0.25) is 28.8 Å². The first-order chi connectivity index (χ1) is 19.8. The van der Waals surface area contributed by atoms with Crippen molar-refractivity contribution in [1.29, 1.82) is 0 Å². The Labute approximate surface area is 241 Å². The summed E-state index contributed by atoms with van der Waals surface area (Å²) in [5.41, 5.74) is 0.406. The SMILES string of the molecule is COc1cccc(NC(=O)C(OC(C)=O)C(OC(C)=O)C(OC(C)=O)C(OC(C)=O)C(=O)Nc2cccc(OC)c2)c1. The summed E-state index contributed by atoms with van der Waals surface area (Å²) >= 11 is 0. The van der Waals surface area contributed by atoms with Crippen LogP contribution in [0.1, 0.15) is 27.7 Å². The zero-order chi connectivity index (χ0) is 31.4. The maximum absolute atomic E-state index is 13.5. The van der Waals surface area contributed by atoms with Crippen molar-refractivity contribution >= 4 is 47.1 Å². The summed E-state index contributed by atoms with van der Waals surface area (Å²) < 4.78 is 31.3. The Morgan fingerprint density at radius 1 is 0.548 bits per heavy atom. The quantitative estimate of drug-likeness (QED) is 0.257. The largest absolute Gasteiger partial charge is 0.497 e. The van der Waals surface area contributed by atoms with E-state index in [1.165, 1.54) is 38.5 Å². The van der Waals surface area contributed by atoms with Crippen molar-refractivity contribution in [3.63, 3.8) is 0 Å².